The first kappa shape index (κ1) is 11.3. The van der Waals surface area contributed by atoms with Crippen molar-refractivity contribution in [3.8, 4) is 6.07 Å². The number of hydrogen-bond donors (Lipinski definition) is 0. The molecule has 1 unspecified atom stereocenters. The minimum absolute atomic E-state index is 0.0128. The zero-order chi connectivity index (χ0) is 10.7. The van der Waals surface area contributed by atoms with Crippen molar-refractivity contribution in [2.75, 3.05) is 6.54 Å². The maximum atomic E-state index is 9.07. The minimum Gasteiger partial charge on any atom is -0.282 e. The lowest BCUT2D eigenvalue weighted by molar-refractivity contribution is 0.200. The fraction of sp³-hybridized carbons (Fsp3) is 0.750. The molecule has 0 saturated carbocycles. The third kappa shape index (κ3) is 2.36. The molecule has 0 spiro atoms. The lowest BCUT2D eigenvalue weighted by Gasteiger charge is -2.34. The molecule has 0 aliphatic carbocycles. The molecular weight excluding hydrogens is 172 g/mol. The van der Waals surface area contributed by atoms with E-state index in [2.05, 4.69) is 44.7 Å². The third-order valence-corrected chi connectivity index (χ3v) is 2.93. The van der Waals surface area contributed by atoms with E-state index < -0.39 is 0 Å². The van der Waals surface area contributed by atoms with Crippen LogP contribution in [0, 0.1) is 17.2 Å². The number of rotatable bonds is 2. The van der Waals surface area contributed by atoms with E-state index in [0.717, 1.165) is 13.0 Å². The van der Waals surface area contributed by atoms with E-state index in [1.807, 2.05) is 0 Å². The van der Waals surface area contributed by atoms with Crippen LogP contribution in [0.2, 0.25) is 0 Å². The Labute approximate surface area is 87.2 Å². The summed E-state index contributed by atoms with van der Waals surface area (Å²) in [7, 11) is 0. The second-order valence-electron chi connectivity index (χ2n) is 4.55. The van der Waals surface area contributed by atoms with Crippen molar-refractivity contribution in [3.63, 3.8) is 0 Å². The Morgan fingerprint density at radius 2 is 2.07 bits per heavy atom. The zero-order valence-corrected chi connectivity index (χ0v) is 9.62. The number of hydrogen-bond acceptors (Lipinski definition) is 2. The SMILES string of the molecule is CC(C)C1=CC(C#N)N(C(C)C)CC1. The molecule has 0 N–H and O–H groups in total. The molecule has 1 heterocycles. The van der Waals surface area contributed by atoms with Gasteiger partial charge in [-0.2, -0.15) is 5.26 Å². The maximum Gasteiger partial charge on any atom is 0.117 e. The average molecular weight is 192 g/mol. The van der Waals surface area contributed by atoms with Crippen LogP contribution in [-0.2, 0) is 0 Å². The Kier molecular flexibility index (Phi) is 3.71. The third-order valence-electron chi connectivity index (χ3n) is 2.93. The van der Waals surface area contributed by atoms with Gasteiger partial charge in [0.2, 0.25) is 0 Å². The Morgan fingerprint density at radius 1 is 1.43 bits per heavy atom. The van der Waals surface area contributed by atoms with Gasteiger partial charge in [0.05, 0.1) is 6.07 Å². The second kappa shape index (κ2) is 4.61. The van der Waals surface area contributed by atoms with E-state index in [-0.39, 0.29) is 6.04 Å². The van der Waals surface area contributed by atoms with Crippen molar-refractivity contribution in [1.82, 2.24) is 4.90 Å². The van der Waals surface area contributed by atoms with Crippen molar-refractivity contribution in [3.05, 3.63) is 11.6 Å². The highest BCUT2D eigenvalue weighted by atomic mass is 15.2. The fourth-order valence-electron chi connectivity index (χ4n) is 1.95. The molecule has 2 heteroatoms. The van der Waals surface area contributed by atoms with Gasteiger partial charge in [0.1, 0.15) is 6.04 Å². The van der Waals surface area contributed by atoms with Gasteiger partial charge in [0.25, 0.3) is 0 Å². The Balaban J connectivity index is 2.80. The molecule has 14 heavy (non-hydrogen) atoms. The highest BCUT2D eigenvalue weighted by Gasteiger charge is 2.24. The van der Waals surface area contributed by atoms with Crippen LogP contribution in [0.4, 0.5) is 0 Å². The lowest BCUT2D eigenvalue weighted by Crippen LogP contribution is -2.42. The van der Waals surface area contributed by atoms with E-state index in [1.54, 1.807) is 0 Å². The van der Waals surface area contributed by atoms with Crippen LogP contribution in [0.15, 0.2) is 11.6 Å². The summed E-state index contributed by atoms with van der Waals surface area (Å²) in [6.07, 6.45) is 3.27. The van der Waals surface area contributed by atoms with Gasteiger partial charge in [0.15, 0.2) is 0 Å². The van der Waals surface area contributed by atoms with Crippen LogP contribution in [-0.4, -0.2) is 23.5 Å². The molecule has 0 saturated heterocycles. The molecule has 1 aliphatic heterocycles. The largest absolute Gasteiger partial charge is 0.282 e. The molecular formula is C12H20N2. The predicted octanol–water partition coefficient (Wildman–Crippen LogP) is 2.58. The van der Waals surface area contributed by atoms with Gasteiger partial charge < -0.3 is 0 Å². The van der Waals surface area contributed by atoms with Crippen LogP contribution < -0.4 is 0 Å². The van der Waals surface area contributed by atoms with Gasteiger partial charge in [-0.3, -0.25) is 4.90 Å². The van der Waals surface area contributed by atoms with Crippen molar-refractivity contribution in [2.45, 2.75) is 46.2 Å². The molecule has 0 aromatic carbocycles. The smallest absolute Gasteiger partial charge is 0.117 e. The summed E-state index contributed by atoms with van der Waals surface area (Å²) in [4.78, 5) is 2.26. The van der Waals surface area contributed by atoms with Gasteiger partial charge in [0, 0.05) is 12.6 Å². The molecule has 0 bridgehead atoms. The summed E-state index contributed by atoms with van der Waals surface area (Å²) in [6, 6.07) is 2.82. The molecule has 0 radical (unpaired) electrons. The van der Waals surface area contributed by atoms with Crippen LogP contribution in [0.5, 0.6) is 0 Å². The van der Waals surface area contributed by atoms with E-state index in [0.29, 0.717) is 12.0 Å². The summed E-state index contributed by atoms with van der Waals surface area (Å²) in [5.74, 6) is 0.583. The van der Waals surface area contributed by atoms with E-state index in [9.17, 15) is 0 Å². The molecule has 1 rings (SSSR count). The first-order chi connectivity index (χ1) is 6.56. The van der Waals surface area contributed by atoms with Crippen LogP contribution >= 0.6 is 0 Å². The Morgan fingerprint density at radius 3 is 2.50 bits per heavy atom. The van der Waals surface area contributed by atoms with Gasteiger partial charge in [-0.1, -0.05) is 25.5 Å². The lowest BCUT2D eigenvalue weighted by atomic mass is 9.93. The van der Waals surface area contributed by atoms with Crippen molar-refractivity contribution in [2.24, 2.45) is 5.92 Å². The van der Waals surface area contributed by atoms with Gasteiger partial charge in [-0.25, -0.2) is 0 Å². The van der Waals surface area contributed by atoms with Crippen molar-refractivity contribution < 1.29 is 0 Å². The summed E-state index contributed by atoms with van der Waals surface area (Å²) in [5, 5.41) is 9.07. The van der Waals surface area contributed by atoms with Crippen molar-refractivity contribution in [1.29, 1.82) is 5.26 Å². The van der Waals surface area contributed by atoms with Crippen LogP contribution in [0.25, 0.3) is 0 Å². The topological polar surface area (TPSA) is 27.0 Å². The Hall–Kier alpha value is -0.810. The molecule has 78 valence electrons. The standard InChI is InChI=1S/C12H20N2/c1-9(2)11-5-6-14(10(3)4)12(7-11)8-13/h7,9-10,12H,5-6H2,1-4H3. The first-order valence-electron chi connectivity index (χ1n) is 5.42. The monoisotopic (exact) mass is 192 g/mol. The van der Waals surface area contributed by atoms with Crippen molar-refractivity contribution >= 4 is 0 Å². The predicted molar refractivity (Wildman–Crippen MR) is 58.8 cm³/mol. The van der Waals surface area contributed by atoms with Crippen LogP contribution in [0.3, 0.4) is 0 Å². The van der Waals surface area contributed by atoms with Gasteiger partial charge in [-0.05, 0) is 26.2 Å². The molecule has 2 nitrogen and oxygen atoms in total. The average Bonchev–Trinajstić information content (AvgIpc) is 2.16. The molecule has 0 aromatic heterocycles. The zero-order valence-electron chi connectivity index (χ0n) is 9.62. The number of nitrogens with zero attached hydrogens (tertiary/aromatic N) is 2. The fourth-order valence-corrected chi connectivity index (χ4v) is 1.95. The van der Waals surface area contributed by atoms with Gasteiger partial charge >= 0.3 is 0 Å². The second-order valence-corrected chi connectivity index (χ2v) is 4.55. The molecule has 0 aromatic rings. The normalized spacial score (nSPS) is 23.8. The summed E-state index contributed by atoms with van der Waals surface area (Å²) < 4.78 is 0. The highest BCUT2D eigenvalue weighted by Crippen LogP contribution is 2.23. The Bertz CT molecular complexity index is 258. The molecule has 0 amide bonds. The summed E-state index contributed by atoms with van der Waals surface area (Å²) in [6.45, 7) is 9.73. The van der Waals surface area contributed by atoms with E-state index in [4.69, 9.17) is 5.26 Å². The minimum atomic E-state index is -0.0128. The number of nitriles is 1. The first-order valence-corrected chi connectivity index (χ1v) is 5.42. The molecule has 1 atom stereocenters. The summed E-state index contributed by atoms with van der Waals surface area (Å²) in [5.41, 5.74) is 1.44. The van der Waals surface area contributed by atoms with E-state index in [1.165, 1.54) is 5.57 Å². The molecule has 0 fully saturated rings. The van der Waals surface area contributed by atoms with Gasteiger partial charge in [-0.15, -0.1) is 0 Å². The van der Waals surface area contributed by atoms with Crippen LogP contribution in [0.1, 0.15) is 34.1 Å². The highest BCUT2D eigenvalue weighted by molar-refractivity contribution is 5.19. The quantitative estimate of drug-likeness (QED) is 0.629. The van der Waals surface area contributed by atoms with E-state index >= 15 is 0 Å². The summed E-state index contributed by atoms with van der Waals surface area (Å²) >= 11 is 0. The molecule has 1 aliphatic rings. The maximum absolute atomic E-state index is 9.07.